The van der Waals surface area contributed by atoms with Crippen molar-refractivity contribution in [2.45, 2.75) is 26.9 Å². The Morgan fingerprint density at radius 3 is 2.69 bits per heavy atom. The fourth-order valence-corrected chi connectivity index (χ4v) is 3.46. The average molecular weight is 394 g/mol. The van der Waals surface area contributed by atoms with Crippen molar-refractivity contribution in [2.24, 2.45) is 0 Å². The van der Waals surface area contributed by atoms with Crippen LogP contribution in [0.25, 0.3) is 11.0 Å². The lowest BCUT2D eigenvalue weighted by Gasteiger charge is -2.21. The molecule has 0 bridgehead atoms. The minimum Gasteiger partial charge on any atom is -0.454 e. The van der Waals surface area contributed by atoms with Gasteiger partial charge in [0.2, 0.25) is 12.7 Å². The highest BCUT2D eigenvalue weighted by molar-refractivity contribution is 5.92. The summed E-state index contributed by atoms with van der Waals surface area (Å²) in [6.45, 7) is 5.87. The molecule has 7 heteroatoms. The van der Waals surface area contributed by atoms with E-state index in [1.165, 1.54) is 13.0 Å². The summed E-state index contributed by atoms with van der Waals surface area (Å²) in [6, 6.07) is 12.8. The van der Waals surface area contributed by atoms with E-state index in [2.05, 4.69) is 17.1 Å². The van der Waals surface area contributed by atoms with E-state index in [1.807, 2.05) is 24.3 Å². The molecule has 0 spiro atoms. The number of carbonyl (C=O) groups is 1. The predicted molar refractivity (Wildman–Crippen MR) is 109 cm³/mol. The molecular formula is C22H22N2O5. The minimum atomic E-state index is -0.411. The standard InChI is InChI=1S/C22H22N2O5/c1-3-24(11-15-4-7-19-21(8-15)28-13-27-19)12-16-9-22(26)29-20-10-17(23-14(2)25)5-6-18(16)20/h4-10H,3,11-13H2,1-2H3,(H,23,25). The van der Waals surface area contributed by atoms with E-state index in [1.54, 1.807) is 12.1 Å². The van der Waals surface area contributed by atoms with Crippen LogP contribution in [0.4, 0.5) is 5.69 Å². The number of rotatable bonds is 6. The van der Waals surface area contributed by atoms with Crippen LogP contribution in [-0.2, 0) is 17.9 Å². The summed E-state index contributed by atoms with van der Waals surface area (Å²) < 4.78 is 16.2. The summed E-state index contributed by atoms with van der Waals surface area (Å²) in [5, 5.41) is 3.56. The SMILES string of the molecule is CCN(Cc1ccc2c(c1)OCO2)Cc1cc(=O)oc2cc(NC(C)=O)ccc12. The first-order valence-electron chi connectivity index (χ1n) is 9.47. The Balaban J connectivity index is 1.59. The lowest BCUT2D eigenvalue weighted by atomic mass is 10.1. The number of ether oxygens (including phenoxy) is 2. The van der Waals surface area contributed by atoms with Gasteiger partial charge in [-0.2, -0.15) is 0 Å². The zero-order chi connectivity index (χ0) is 20.4. The lowest BCUT2D eigenvalue weighted by molar-refractivity contribution is -0.114. The molecule has 1 aromatic heterocycles. The van der Waals surface area contributed by atoms with Gasteiger partial charge in [0.15, 0.2) is 11.5 Å². The molecule has 0 unspecified atom stereocenters. The fourth-order valence-electron chi connectivity index (χ4n) is 3.46. The van der Waals surface area contributed by atoms with Crippen LogP contribution in [0.2, 0.25) is 0 Å². The largest absolute Gasteiger partial charge is 0.454 e. The second-order valence-electron chi connectivity index (χ2n) is 6.97. The highest BCUT2D eigenvalue weighted by Gasteiger charge is 2.15. The smallest absolute Gasteiger partial charge is 0.336 e. The first-order chi connectivity index (χ1) is 14.0. The molecule has 4 rings (SSSR count). The molecule has 0 radical (unpaired) electrons. The van der Waals surface area contributed by atoms with Gasteiger partial charge >= 0.3 is 5.63 Å². The summed E-state index contributed by atoms with van der Waals surface area (Å²) in [5.41, 5.74) is 2.63. The van der Waals surface area contributed by atoms with E-state index in [-0.39, 0.29) is 12.7 Å². The summed E-state index contributed by atoms with van der Waals surface area (Å²) in [6.07, 6.45) is 0. The minimum absolute atomic E-state index is 0.177. The van der Waals surface area contributed by atoms with Crippen LogP contribution in [0.15, 0.2) is 51.7 Å². The van der Waals surface area contributed by atoms with E-state index in [0.717, 1.165) is 34.6 Å². The van der Waals surface area contributed by atoms with Gasteiger partial charge in [0.25, 0.3) is 0 Å². The van der Waals surface area contributed by atoms with Gasteiger partial charge in [0.05, 0.1) is 0 Å². The third-order valence-corrected chi connectivity index (χ3v) is 4.83. The van der Waals surface area contributed by atoms with Crippen LogP contribution in [0, 0.1) is 0 Å². The number of benzene rings is 2. The van der Waals surface area contributed by atoms with E-state index in [9.17, 15) is 9.59 Å². The molecule has 3 aromatic rings. The monoisotopic (exact) mass is 394 g/mol. The number of amides is 1. The molecular weight excluding hydrogens is 372 g/mol. The molecule has 7 nitrogen and oxygen atoms in total. The molecule has 0 saturated carbocycles. The summed E-state index contributed by atoms with van der Waals surface area (Å²) in [7, 11) is 0. The van der Waals surface area contributed by atoms with Crippen LogP contribution in [-0.4, -0.2) is 24.1 Å². The molecule has 1 N–H and O–H groups in total. The Morgan fingerprint density at radius 2 is 1.90 bits per heavy atom. The van der Waals surface area contributed by atoms with Gasteiger partial charge in [-0.3, -0.25) is 9.69 Å². The van der Waals surface area contributed by atoms with Gasteiger partial charge in [0.1, 0.15) is 5.58 Å². The first-order valence-corrected chi connectivity index (χ1v) is 9.47. The van der Waals surface area contributed by atoms with Crippen molar-refractivity contribution in [1.29, 1.82) is 0 Å². The van der Waals surface area contributed by atoms with E-state index in [4.69, 9.17) is 13.9 Å². The number of carbonyl (C=O) groups excluding carboxylic acids is 1. The fraction of sp³-hybridized carbons (Fsp3) is 0.273. The molecule has 0 saturated heterocycles. The van der Waals surface area contributed by atoms with Crippen molar-refractivity contribution in [2.75, 3.05) is 18.7 Å². The van der Waals surface area contributed by atoms with E-state index >= 15 is 0 Å². The second kappa shape index (κ2) is 7.97. The number of fused-ring (bicyclic) bond motifs is 2. The zero-order valence-electron chi connectivity index (χ0n) is 16.4. The predicted octanol–water partition coefficient (Wildman–Crippen LogP) is 3.50. The molecule has 2 heterocycles. The Labute approximate surface area is 167 Å². The maximum absolute atomic E-state index is 12.1. The third kappa shape index (κ3) is 4.25. The Hall–Kier alpha value is -3.32. The number of nitrogens with zero attached hydrogens (tertiary/aromatic N) is 1. The molecule has 1 aliphatic heterocycles. The van der Waals surface area contributed by atoms with Crippen LogP contribution in [0.5, 0.6) is 11.5 Å². The maximum Gasteiger partial charge on any atom is 0.336 e. The van der Waals surface area contributed by atoms with Crippen molar-refractivity contribution in [1.82, 2.24) is 4.90 Å². The van der Waals surface area contributed by atoms with Crippen molar-refractivity contribution in [3.05, 3.63) is 64.0 Å². The lowest BCUT2D eigenvalue weighted by Crippen LogP contribution is -2.23. The van der Waals surface area contributed by atoms with Crippen molar-refractivity contribution in [3.8, 4) is 11.5 Å². The van der Waals surface area contributed by atoms with Crippen molar-refractivity contribution < 1.29 is 18.7 Å². The van der Waals surface area contributed by atoms with Gasteiger partial charge in [0, 0.05) is 43.2 Å². The van der Waals surface area contributed by atoms with Gasteiger partial charge in [-0.05, 0) is 41.9 Å². The average Bonchev–Trinajstić information content (AvgIpc) is 3.14. The highest BCUT2D eigenvalue weighted by atomic mass is 16.7. The molecule has 1 amide bonds. The third-order valence-electron chi connectivity index (χ3n) is 4.83. The highest BCUT2D eigenvalue weighted by Crippen LogP contribution is 2.33. The maximum atomic E-state index is 12.1. The van der Waals surface area contributed by atoms with Gasteiger partial charge < -0.3 is 19.2 Å². The molecule has 0 fully saturated rings. The van der Waals surface area contributed by atoms with Crippen LogP contribution in [0.1, 0.15) is 25.0 Å². The van der Waals surface area contributed by atoms with Gasteiger partial charge in [-0.1, -0.05) is 13.0 Å². The summed E-state index contributed by atoms with van der Waals surface area (Å²) in [5.74, 6) is 1.34. The van der Waals surface area contributed by atoms with Gasteiger partial charge in [-0.25, -0.2) is 4.79 Å². The number of hydrogen-bond donors (Lipinski definition) is 1. The topological polar surface area (TPSA) is 81.0 Å². The van der Waals surface area contributed by atoms with Crippen molar-refractivity contribution >= 4 is 22.6 Å². The first kappa shape index (κ1) is 19.0. The van der Waals surface area contributed by atoms with E-state index in [0.29, 0.717) is 24.4 Å². The van der Waals surface area contributed by atoms with E-state index < -0.39 is 5.63 Å². The Kier molecular flexibility index (Phi) is 5.22. The molecule has 2 aromatic carbocycles. The quantitative estimate of drug-likeness (QED) is 0.645. The zero-order valence-corrected chi connectivity index (χ0v) is 16.4. The number of hydrogen-bond acceptors (Lipinski definition) is 6. The molecule has 29 heavy (non-hydrogen) atoms. The van der Waals surface area contributed by atoms with Crippen LogP contribution >= 0.6 is 0 Å². The van der Waals surface area contributed by atoms with Crippen LogP contribution < -0.4 is 20.4 Å². The van der Waals surface area contributed by atoms with Crippen molar-refractivity contribution in [3.63, 3.8) is 0 Å². The second-order valence-corrected chi connectivity index (χ2v) is 6.97. The molecule has 1 aliphatic rings. The molecule has 0 atom stereocenters. The van der Waals surface area contributed by atoms with Gasteiger partial charge in [-0.15, -0.1) is 0 Å². The number of anilines is 1. The number of nitrogens with one attached hydrogen (secondary N) is 1. The molecule has 150 valence electrons. The Bertz CT molecular complexity index is 1120. The normalized spacial score (nSPS) is 12.5. The van der Waals surface area contributed by atoms with Crippen LogP contribution in [0.3, 0.4) is 0 Å². The summed E-state index contributed by atoms with van der Waals surface area (Å²) >= 11 is 0. The Morgan fingerprint density at radius 1 is 1.07 bits per heavy atom. The molecule has 0 aliphatic carbocycles. The summed E-state index contributed by atoms with van der Waals surface area (Å²) in [4.78, 5) is 25.6.